The first kappa shape index (κ1) is 24.0. The lowest BCUT2D eigenvalue weighted by Gasteiger charge is -2.42. The molecule has 2 aliphatic heterocycles. The first-order valence-corrected chi connectivity index (χ1v) is 12.4. The van der Waals surface area contributed by atoms with E-state index in [1.165, 1.54) is 10.9 Å². The van der Waals surface area contributed by atoms with Gasteiger partial charge in [0.25, 0.3) is 11.5 Å². The number of morpholine rings is 1. The third-order valence-corrected chi connectivity index (χ3v) is 6.88. The fourth-order valence-electron chi connectivity index (χ4n) is 4.93. The highest BCUT2D eigenvalue weighted by Crippen LogP contribution is 2.28. The van der Waals surface area contributed by atoms with Crippen LogP contribution in [-0.4, -0.2) is 64.7 Å². The summed E-state index contributed by atoms with van der Waals surface area (Å²) in [5.74, 6) is 0.376. The zero-order chi connectivity index (χ0) is 25.0. The van der Waals surface area contributed by atoms with Gasteiger partial charge in [0.05, 0.1) is 36.9 Å². The molecule has 5 rings (SSSR count). The summed E-state index contributed by atoms with van der Waals surface area (Å²) < 4.78 is 13.3. The van der Waals surface area contributed by atoms with Crippen LogP contribution in [0.15, 0.2) is 59.7 Å². The van der Waals surface area contributed by atoms with Crippen molar-refractivity contribution in [2.75, 3.05) is 32.8 Å². The van der Waals surface area contributed by atoms with Gasteiger partial charge in [0.2, 0.25) is 5.91 Å². The molecule has 0 radical (unpaired) electrons. The molecule has 1 fully saturated rings. The predicted octanol–water partition coefficient (Wildman–Crippen LogP) is 1.92. The molecule has 0 bridgehead atoms. The Balaban J connectivity index is 1.30. The van der Waals surface area contributed by atoms with Gasteiger partial charge in [0.15, 0.2) is 5.60 Å². The monoisotopic (exact) mass is 490 g/mol. The Morgan fingerprint density at radius 3 is 2.81 bits per heavy atom. The summed E-state index contributed by atoms with van der Waals surface area (Å²) in [6, 6.07) is 15.0. The Labute approximate surface area is 209 Å². The SMILES string of the molecule is O=C(Cn1cnc2ccccc2c1=O)N1CCOC2(CCCCc3ccccc3OCCNC2=O)C1. The van der Waals surface area contributed by atoms with Crippen LogP contribution in [0.2, 0.25) is 0 Å². The summed E-state index contributed by atoms with van der Waals surface area (Å²) in [6.45, 7) is 1.30. The molecule has 3 heterocycles. The number of aryl methyl sites for hydroxylation is 1. The smallest absolute Gasteiger partial charge is 0.261 e. The molecule has 1 atom stereocenters. The molecule has 1 spiro atoms. The average molecular weight is 491 g/mol. The Kier molecular flexibility index (Phi) is 6.99. The Morgan fingerprint density at radius 1 is 1.06 bits per heavy atom. The summed E-state index contributed by atoms with van der Waals surface area (Å²) in [7, 11) is 0. The lowest BCUT2D eigenvalue weighted by Crippen LogP contribution is -2.61. The van der Waals surface area contributed by atoms with Gasteiger partial charge in [-0.3, -0.25) is 19.0 Å². The highest BCUT2D eigenvalue weighted by atomic mass is 16.5. The molecule has 188 valence electrons. The maximum Gasteiger partial charge on any atom is 0.261 e. The maximum absolute atomic E-state index is 13.3. The summed E-state index contributed by atoms with van der Waals surface area (Å²) in [4.78, 5) is 45.3. The summed E-state index contributed by atoms with van der Waals surface area (Å²) in [5, 5.41) is 3.40. The van der Waals surface area contributed by atoms with Crippen molar-refractivity contribution >= 4 is 22.7 Å². The number of hydrogen-bond donors (Lipinski definition) is 1. The minimum absolute atomic E-state index is 0.140. The van der Waals surface area contributed by atoms with E-state index in [-0.39, 0.29) is 37.1 Å². The van der Waals surface area contributed by atoms with E-state index in [1.807, 2.05) is 24.3 Å². The van der Waals surface area contributed by atoms with Crippen LogP contribution in [0.3, 0.4) is 0 Å². The number of para-hydroxylation sites is 2. The molecule has 1 unspecified atom stereocenters. The number of hydrogen-bond acceptors (Lipinski definition) is 6. The number of nitrogens with one attached hydrogen (secondary N) is 1. The number of benzene rings is 2. The molecule has 2 aliphatic rings. The molecule has 9 heteroatoms. The molecule has 3 aromatic rings. The lowest BCUT2D eigenvalue weighted by molar-refractivity contribution is -0.168. The van der Waals surface area contributed by atoms with Crippen LogP contribution >= 0.6 is 0 Å². The van der Waals surface area contributed by atoms with E-state index in [0.717, 1.165) is 30.6 Å². The van der Waals surface area contributed by atoms with Gasteiger partial charge in [0.1, 0.15) is 18.9 Å². The fraction of sp³-hybridized carbons (Fsp3) is 0.407. The lowest BCUT2D eigenvalue weighted by atomic mass is 9.91. The highest BCUT2D eigenvalue weighted by molar-refractivity contribution is 5.87. The largest absolute Gasteiger partial charge is 0.491 e. The van der Waals surface area contributed by atoms with Gasteiger partial charge in [-0.1, -0.05) is 30.3 Å². The van der Waals surface area contributed by atoms with E-state index in [9.17, 15) is 14.4 Å². The van der Waals surface area contributed by atoms with Gasteiger partial charge in [-0.2, -0.15) is 0 Å². The molecular weight excluding hydrogens is 460 g/mol. The van der Waals surface area contributed by atoms with Gasteiger partial charge in [-0.05, 0) is 49.4 Å². The Morgan fingerprint density at radius 2 is 1.89 bits per heavy atom. The second-order valence-corrected chi connectivity index (χ2v) is 9.27. The molecular formula is C27H30N4O5. The van der Waals surface area contributed by atoms with Gasteiger partial charge >= 0.3 is 0 Å². The van der Waals surface area contributed by atoms with Crippen LogP contribution in [0.1, 0.15) is 24.8 Å². The van der Waals surface area contributed by atoms with Gasteiger partial charge in [-0.25, -0.2) is 4.98 Å². The van der Waals surface area contributed by atoms with Crippen LogP contribution in [0.5, 0.6) is 5.75 Å². The second kappa shape index (κ2) is 10.5. The predicted molar refractivity (Wildman–Crippen MR) is 134 cm³/mol. The molecule has 0 saturated carbocycles. The molecule has 1 N–H and O–H groups in total. The number of amides is 2. The average Bonchev–Trinajstić information content (AvgIpc) is 2.91. The molecule has 2 amide bonds. The van der Waals surface area contributed by atoms with Crippen molar-refractivity contribution in [2.24, 2.45) is 0 Å². The standard InChI is InChI=1S/C27H30N4O5/c32-24(17-31-19-29-22-10-3-2-9-21(22)25(31)33)30-14-16-36-27(18-30)12-6-5-8-20-7-1-4-11-23(20)35-15-13-28-26(27)34/h1-4,7,9-11,19H,5-6,8,12-18H2,(H,28,34). The van der Waals surface area contributed by atoms with Crippen molar-refractivity contribution in [2.45, 2.75) is 37.8 Å². The molecule has 1 saturated heterocycles. The van der Waals surface area contributed by atoms with Crippen LogP contribution in [0.25, 0.3) is 10.9 Å². The van der Waals surface area contributed by atoms with Gasteiger partial charge in [0, 0.05) is 6.54 Å². The molecule has 0 aliphatic carbocycles. The number of carbonyl (C=O) groups is 2. The number of ether oxygens (including phenoxy) is 2. The van der Waals surface area contributed by atoms with Crippen LogP contribution in [0, 0.1) is 0 Å². The third-order valence-electron chi connectivity index (χ3n) is 6.88. The van der Waals surface area contributed by atoms with E-state index in [2.05, 4.69) is 16.4 Å². The van der Waals surface area contributed by atoms with E-state index in [1.54, 1.807) is 23.1 Å². The van der Waals surface area contributed by atoms with Crippen LogP contribution < -0.4 is 15.6 Å². The number of nitrogens with zero attached hydrogens (tertiary/aromatic N) is 3. The van der Waals surface area contributed by atoms with Crippen molar-refractivity contribution in [1.29, 1.82) is 0 Å². The normalized spacial score (nSPS) is 21.1. The minimum atomic E-state index is -1.13. The van der Waals surface area contributed by atoms with Crippen LogP contribution in [-0.2, 0) is 27.3 Å². The van der Waals surface area contributed by atoms with Crippen molar-refractivity contribution in [1.82, 2.24) is 19.8 Å². The zero-order valence-electron chi connectivity index (χ0n) is 20.2. The number of rotatable bonds is 2. The van der Waals surface area contributed by atoms with E-state index in [4.69, 9.17) is 9.47 Å². The number of aromatic nitrogens is 2. The van der Waals surface area contributed by atoms with Crippen molar-refractivity contribution in [3.8, 4) is 5.75 Å². The molecule has 2 aromatic carbocycles. The Bertz CT molecular complexity index is 1320. The second-order valence-electron chi connectivity index (χ2n) is 9.27. The fourth-order valence-corrected chi connectivity index (χ4v) is 4.93. The molecule has 36 heavy (non-hydrogen) atoms. The topological polar surface area (TPSA) is 103 Å². The maximum atomic E-state index is 13.3. The molecule has 9 nitrogen and oxygen atoms in total. The first-order chi connectivity index (χ1) is 17.6. The summed E-state index contributed by atoms with van der Waals surface area (Å²) in [5.41, 5.74) is 0.349. The quantitative estimate of drug-likeness (QED) is 0.589. The molecule has 1 aromatic heterocycles. The van der Waals surface area contributed by atoms with E-state index >= 15 is 0 Å². The first-order valence-electron chi connectivity index (χ1n) is 12.4. The number of carbonyl (C=O) groups excluding carboxylic acids is 2. The van der Waals surface area contributed by atoms with Crippen molar-refractivity contribution < 1.29 is 19.1 Å². The van der Waals surface area contributed by atoms with Crippen molar-refractivity contribution in [3.05, 3.63) is 70.8 Å². The van der Waals surface area contributed by atoms with Crippen molar-refractivity contribution in [3.63, 3.8) is 0 Å². The van der Waals surface area contributed by atoms with Gasteiger partial charge in [-0.15, -0.1) is 0 Å². The summed E-state index contributed by atoms with van der Waals surface area (Å²) >= 11 is 0. The zero-order valence-corrected chi connectivity index (χ0v) is 20.2. The third kappa shape index (κ3) is 4.97. The Hall–Kier alpha value is -3.72. The minimum Gasteiger partial charge on any atom is -0.491 e. The van der Waals surface area contributed by atoms with Gasteiger partial charge < -0.3 is 19.7 Å². The van der Waals surface area contributed by atoms with E-state index < -0.39 is 5.60 Å². The highest BCUT2D eigenvalue weighted by Gasteiger charge is 2.44. The summed E-state index contributed by atoms with van der Waals surface area (Å²) in [6.07, 6.45) is 4.37. The van der Waals surface area contributed by atoms with Crippen LogP contribution in [0.4, 0.5) is 0 Å². The van der Waals surface area contributed by atoms with E-state index in [0.29, 0.717) is 37.0 Å². The number of fused-ring (bicyclic) bond motifs is 2.